The fourth-order valence-electron chi connectivity index (χ4n) is 5.62. The number of anilines is 2. The van der Waals surface area contributed by atoms with Crippen molar-refractivity contribution in [1.29, 1.82) is 0 Å². The van der Waals surface area contributed by atoms with Gasteiger partial charge in [0.25, 0.3) is 0 Å². The van der Waals surface area contributed by atoms with Crippen molar-refractivity contribution in [1.82, 2.24) is 19.9 Å². The Kier molecular flexibility index (Phi) is 8.88. The van der Waals surface area contributed by atoms with Crippen molar-refractivity contribution < 1.29 is 31.5 Å². The van der Waals surface area contributed by atoms with Crippen LogP contribution in [0, 0.1) is 12.7 Å². The molecule has 1 aliphatic heterocycles. The van der Waals surface area contributed by atoms with Crippen molar-refractivity contribution >= 4 is 38.5 Å². The van der Waals surface area contributed by atoms with Crippen molar-refractivity contribution in [3.8, 4) is 22.9 Å². The summed E-state index contributed by atoms with van der Waals surface area (Å²) in [6.07, 6.45) is 4.76. The Morgan fingerprint density at radius 3 is 2.60 bits per heavy atom. The molecular formula is C34H38F2N6O5S. The average molecular weight is 681 g/mol. The van der Waals surface area contributed by atoms with Crippen LogP contribution in [0.2, 0.25) is 0 Å². The van der Waals surface area contributed by atoms with E-state index in [9.17, 15) is 17.6 Å². The molecule has 254 valence electrons. The molecule has 2 fully saturated rings. The average Bonchev–Trinajstić information content (AvgIpc) is 3.74. The Morgan fingerprint density at radius 2 is 1.85 bits per heavy atom. The molecule has 1 aliphatic carbocycles. The first-order valence-corrected chi connectivity index (χ1v) is 17.5. The largest absolute Gasteiger partial charge is 0.444 e. The summed E-state index contributed by atoms with van der Waals surface area (Å²) in [7, 11) is -4.16. The number of rotatable bonds is 9. The number of sulfonamides is 1. The van der Waals surface area contributed by atoms with Crippen molar-refractivity contribution in [3.05, 3.63) is 66.2 Å². The van der Waals surface area contributed by atoms with Gasteiger partial charge in [-0.2, -0.15) is 0 Å². The first-order valence-electron chi connectivity index (χ1n) is 15.8. The van der Waals surface area contributed by atoms with Crippen molar-refractivity contribution in [2.24, 2.45) is 0 Å². The molecule has 2 N–H and O–H groups in total. The van der Waals surface area contributed by atoms with Crippen LogP contribution >= 0.6 is 0 Å². The molecular weight excluding hydrogens is 642 g/mol. The third kappa shape index (κ3) is 7.75. The van der Waals surface area contributed by atoms with Gasteiger partial charge in [-0.15, -0.1) is 0 Å². The standard InChI is InChI=1S/C34H38F2N6O5S/c1-21-9-10-23-24(11-12-26(35)28(23)41-48(44,45)20-34(36)14-15-34)29(21)46-30-25(8-5-16-37-30)27-13-17-38-31(40-27)39-22-7-6-18-42(19-22)32(43)47-33(2,3)4/h5,8-13,16-17,22,41H,6-7,14-15,18-20H2,1-4H3,(H,38,39,40). The molecule has 6 rings (SSSR count). The van der Waals surface area contributed by atoms with Gasteiger partial charge in [0.2, 0.25) is 21.9 Å². The number of pyridine rings is 1. The lowest BCUT2D eigenvalue weighted by Crippen LogP contribution is -2.47. The van der Waals surface area contributed by atoms with Gasteiger partial charge in [-0.3, -0.25) is 4.72 Å². The number of alkyl halides is 1. The van der Waals surface area contributed by atoms with Crippen LogP contribution in [-0.2, 0) is 14.8 Å². The summed E-state index contributed by atoms with van der Waals surface area (Å²) in [5.74, 6) is -0.606. The van der Waals surface area contributed by atoms with Gasteiger partial charge in [-0.25, -0.2) is 36.9 Å². The fourth-order valence-corrected chi connectivity index (χ4v) is 7.18. The number of nitrogens with one attached hydrogen (secondary N) is 2. The van der Waals surface area contributed by atoms with Crippen LogP contribution in [0.5, 0.6) is 11.6 Å². The lowest BCUT2D eigenvalue weighted by molar-refractivity contribution is 0.0206. The molecule has 4 aromatic rings. The number of piperidine rings is 1. The molecule has 0 bridgehead atoms. The van der Waals surface area contributed by atoms with E-state index in [0.29, 0.717) is 47.0 Å². The summed E-state index contributed by atoms with van der Waals surface area (Å²) in [6.45, 7) is 8.36. The number of fused-ring (bicyclic) bond motifs is 1. The molecule has 3 heterocycles. The number of nitrogens with zero attached hydrogens (tertiary/aromatic N) is 4. The Labute approximate surface area is 278 Å². The SMILES string of the molecule is Cc1ccc2c(NS(=O)(=O)CC3(F)CC3)c(F)ccc2c1Oc1ncccc1-c1ccnc(NC2CCCN(C(=O)OC(C)(C)C)C2)n1. The zero-order chi connectivity index (χ0) is 34.3. The molecule has 0 spiro atoms. The van der Waals surface area contributed by atoms with E-state index >= 15 is 4.39 Å². The van der Waals surface area contributed by atoms with Gasteiger partial charge in [0, 0.05) is 42.3 Å². The zero-order valence-corrected chi connectivity index (χ0v) is 28.0. The van der Waals surface area contributed by atoms with Crippen molar-refractivity contribution in [2.45, 2.75) is 70.7 Å². The number of hydrogen-bond acceptors (Lipinski definition) is 9. The number of ether oxygens (including phenoxy) is 2. The predicted molar refractivity (Wildman–Crippen MR) is 179 cm³/mol. The second kappa shape index (κ2) is 12.8. The van der Waals surface area contributed by atoms with Gasteiger partial charge < -0.3 is 19.7 Å². The summed E-state index contributed by atoms with van der Waals surface area (Å²) < 4.78 is 69.1. The summed E-state index contributed by atoms with van der Waals surface area (Å²) in [5, 5.41) is 4.03. The van der Waals surface area contributed by atoms with Gasteiger partial charge in [0.1, 0.15) is 28.6 Å². The maximum atomic E-state index is 15.1. The smallest absolute Gasteiger partial charge is 0.410 e. The summed E-state index contributed by atoms with van der Waals surface area (Å²) >= 11 is 0. The fraction of sp³-hybridized carbons (Fsp3) is 0.412. The van der Waals surface area contributed by atoms with Crippen LogP contribution in [0.1, 0.15) is 52.0 Å². The number of benzene rings is 2. The van der Waals surface area contributed by atoms with E-state index in [1.807, 2.05) is 27.7 Å². The topological polar surface area (TPSA) is 136 Å². The van der Waals surface area contributed by atoms with Crippen LogP contribution < -0.4 is 14.8 Å². The lowest BCUT2D eigenvalue weighted by Gasteiger charge is -2.34. The third-order valence-corrected chi connectivity index (χ3v) is 9.52. The van der Waals surface area contributed by atoms with Crippen LogP contribution in [0.3, 0.4) is 0 Å². The highest BCUT2D eigenvalue weighted by Gasteiger charge is 2.47. The van der Waals surface area contributed by atoms with Crippen LogP contribution in [0.4, 0.5) is 25.2 Å². The van der Waals surface area contributed by atoms with E-state index in [-0.39, 0.29) is 41.9 Å². The van der Waals surface area contributed by atoms with E-state index < -0.39 is 32.9 Å². The molecule has 2 aromatic heterocycles. The van der Waals surface area contributed by atoms with Gasteiger partial charge >= 0.3 is 6.09 Å². The minimum absolute atomic E-state index is 0.0869. The summed E-state index contributed by atoms with van der Waals surface area (Å²) in [4.78, 5) is 27.9. The minimum atomic E-state index is -4.16. The molecule has 14 heteroatoms. The highest BCUT2D eigenvalue weighted by atomic mass is 32.2. The number of amides is 1. The predicted octanol–water partition coefficient (Wildman–Crippen LogP) is 6.99. The number of aryl methyl sites for hydroxylation is 1. The Morgan fingerprint density at radius 1 is 1.08 bits per heavy atom. The molecule has 1 saturated heterocycles. The quantitative estimate of drug-likeness (QED) is 0.192. The second-order valence-electron chi connectivity index (χ2n) is 13.4. The lowest BCUT2D eigenvalue weighted by atomic mass is 10.0. The van der Waals surface area contributed by atoms with E-state index in [4.69, 9.17) is 14.5 Å². The first-order chi connectivity index (χ1) is 22.7. The molecule has 1 saturated carbocycles. The third-order valence-electron chi connectivity index (χ3n) is 8.10. The number of likely N-dealkylation sites (tertiary alicyclic amines) is 1. The van der Waals surface area contributed by atoms with Crippen LogP contribution in [-0.4, -0.2) is 70.5 Å². The molecule has 48 heavy (non-hydrogen) atoms. The number of carbonyl (C=O) groups excluding carboxylic acids is 1. The maximum Gasteiger partial charge on any atom is 0.410 e. The zero-order valence-electron chi connectivity index (χ0n) is 27.2. The Hall–Kier alpha value is -4.59. The van der Waals surface area contributed by atoms with Gasteiger partial charge in [-0.1, -0.05) is 12.1 Å². The van der Waals surface area contributed by atoms with Gasteiger partial charge in [0.15, 0.2) is 0 Å². The molecule has 1 unspecified atom stereocenters. The van der Waals surface area contributed by atoms with E-state index in [0.717, 1.165) is 18.9 Å². The number of carbonyl (C=O) groups is 1. The normalized spacial score (nSPS) is 17.5. The molecule has 2 aliphatic rings. The summed E-state index contributed by atoms with van der Waals surface area (Å²) in [6, 6.07) is 11.1. The number of aromatic nitrogens is 3. The van der Waals surface area contributed by atoms with E-state index in [2.05, 4.69) is 20.0 Å². The molecule has 2 aromatic carbocycles. The second-order valence-corrected chi connectivity index (χ2v) is 15.1. The molecule has 11 nitrogen and oxygen atoms in total. The van der Waals surface area contributed by atoms with Gasteiger partial charge in [0.05, 0.1) is 16.9 Å². The van der Waals surface area contributed by atoms with Crippen LogP contribution in [0.15, 0.2) is 54.9 Å². The van der Waals surface area contributed by atoms with E-state index in [1.54, 1.807) is 47.6 Å². The number of halogens is 2. The summed E-state index contributed by atoms with van der Waals surface area (Å²) in [5.41, 5.74) is -0.874. The van der Waals surface area contributed by atoms with Crippen LogP contribution in [0.25, 0.3) is 22.0 Å². The monoisotopic (exact) mass is 680 g/mol. The highest BCUT2D eigenvalue weighted by Crippen LogP contribution is 2.43. The molecule has 1 atom stereocenters. The highest BCUT2D eigenvalue weighted by molar-refractivity contribution is 7.92. The number of hydrogen-bond donors (Lipinski definition) is 2. The molecule has 1 amide bonds. The first kappa shape index (κ1) is 33.3. The Balaban J connectivity index is 1.25. The van der Waals surface area contributed by atoms with Crippen molar-refractivity contribution in [2.75, 3.05) is 28.9 Å². The molecule has 0 radical (unpaired) electrons. The van der Waals surface area contributed by atoms with E-state index in [1.165, 1.54) is 6.07 Å². The Bertz CT molecular complexity index is 1970. The minimum Gasteiger partial charge on any atom is -0.444 e. The van der Waals surface area contributed by atoms with Gasteiger partial charge in [-0.05, 0) is 89.3 Å². The maximum absolute atomic E-state index is 15.1. The van der Waals surface area contributed by atoms with Crippen molar-refractivity contribution in [3.63, 3.8) is 0 Å².